The van der Waals surface area contributed by atoms with E-state index in [1.165, 1.54) is 10.8 Å². The number of hydrogen-bond donors (Lipinski definition) is 0. The summed E-state index contributed by atoms with van der Waals surface area (Å²) in [4.78, 5) is 14.1. The van der Waals surface area contributed by atoms with Gasteiger partial charge in [0.15, 0.2) is 0 Å². The first-order valence-electron chi connectivity index (χ1n) is 15.5. The number of aromatic nitrogens is 6. The molecule has 10 aromatic rings. The Kier molecular flexibility index (Phi) is 5.26. The molecule has 0 unspecified atom stereocenters. The van der Waals surface area contributed by atoms with Crippen molar-refractivity contribution in [2.24, 2.45) is 0 Å². The van der Waals surface area contributed by atoms with Gasteiger partial charge < -0.3 is 4.57 Å². The number of hydrogen-bond acceptors (Lipinski definition) is 3. The van der Waals surface area contributed by atoms with Crippen LogP contribution >= 0.6 is 0 Å². The van der Waals surface area contributed by atoms with Crippen LogP contribution in [-0.4, -0.2) is 27.9 Å². The summed E-state index contributed by atoms with van der Waals surface area (Å²) in [5.74, 6) is 1.27. The van der Waals surface area contributed by atoms with Gasteiger partial charge in [-0.15, -0.1) is 0 Å². The average Bonchev–Trinajstić information content (AvgIpc) is 3.79. The number of fused-ring (bicyclic) bond motifs is 12. The lowest BCUT2D eigenvalue weighted by Crippen LogP contribution is -2.02. The summed E-state index contributed by atoms with van der Waals surface area (Å²) in [5.41, 5.74) is 9.67. The van der Waals surface area contributed by atoms with Crippen molar-refractivity contribution < 1.29 is 0 Å². The minimum atomic E-state index is 0.287. The van der Waals surface area contributed by atoms with E-state index in [2.05, 4.69) is 102 Å². The van der Waals surface area contributed by atoms with Crippen LogP contribution < -0.4 is 0 Å². The van der Waals surface area contributed by atoms with Crippen molar-refractivity contribution in [3.63, 3.8) is 0 Å². The lowest BCUT2D eigenvalue weighted by atomic mass is 10.1. The fraction of sp³-hybridized carbons (Fsp3) is 0. The first-order valence-corrected chi connectivity index (χ1v) is 15.5. The van der Waals surface area contributed by atoms with E-state index in [0.29, 0.717) is 17.1 Å². The van der Waals surface area contributed by atoms with Crippen LogP contribution in [0, 0.1) is 17.9 Å². The third-order valence-electron chi connectivity index (χ3n) is 9.25. The number of nitriles is 1. The summed E-state index contributed by atoms with van der Waals surface area (Å²) < 4.78 is 8.51. The highest BCUT2D eigenvalue weighted by molar-refractivity contribution is 6.09. The maximum Gasteiger partial charge on any atom is 0.223 e. The highest BCUT2D eigenvalue weighted by Gasteiger charge is 2.20. The molecule has 0 saturated heterocycles. The summed E-state index contributed by atoms with van der Waals surface area (Å²) in [7, 11) is 0. The van der Waals surface area contributed by atoms with E-state index in [4.69, 9.17) is 16.5 Å². The van der Waals surface area contributed by atoms with Crippen molar-refractivity contribution in [2.75, 3.05) is 0 Å². The van der Waals surface area contributed by atoms with Crippen molar-refractivity contribution in [2.45, 2.75) is 0 Å². The zero-order valence-electron chi connectivity index (χ0n) is 25.3. The zero-order chi connectivity index (χ0) is 31.9. The molecule has 8 heteroatoms. The van der Waals surface area contributed by atoms with Gasteiger partial charge in [-0.05, 0) is 72.8 Å². The molecule has 6 aromatic carbocycles. The fourth-order valence-electron chi connectivity index (χ4n) is 7.18. The molecule has 48 heavy (non-hydrogen) atoms. The van der Waals surface area contributed by atoms with Crippen LogP contribution in [0.25, 0.3) is 82.7 Å². The second-order valence-corrected chi connectivity index (χ2v) is 11.8. The molecule has 0 radical (unpaired) electrons. The van der Waals surface area contributed by atoms with Gasteiger partial charge in [0.1, 0.15) is 0 Å². The third kappa shape index (κ3) is 3.46. The largest absolute Gasteiger partial charge is 0.309 e. The van der Waals surface area contributed by atoms with E-state index >= 15 is 0 Å². The van der Waals surface area contributed by atoms with E-state index in [1.54, 1.807) is 12.1 Å². The van der Waals surface area contributed by atoms with E-state index in [-0.39, 0.29) is 5.69 Å². The highest BCUT2D eigenvalue weighted by atomic mass is 15.3. The Labute approximate surface area is 272 Å². The normalized spacial score (nSPS) is 11.7. The Balaban J connectivity index is 1.36. The Hall–Kier alpha value is -7.16. The molecule has 8 nitrogen and oxygen atoms in total. The average molecular weight is 615 g/mol. The van der Waals surface area contributed by atoms with Crippen LogP contribution in [0.4, 0.5) is 5.69 Å². The van der Waals surface area contributed by atoms with Crippen LogP contribution in [0.3, 0.4) is 0 Å². The van der Waals surface area contributed by atoms with Gasteiger partial charge in [0.05, 0.1) is 68.0 Å². The van der Waals surface area contributed by atoms with Gasteiger partial charge in [-0.3, -0.25) is 8.80 Å². The highest BCUT2D eigenvalue weighted by Crippen LogP contribution is 2.35. The molecule has 0 saturated carbocycles. The lowest BCUT2D eigenvalue weighted by molar-refractivity contribution is 1.02. The van der Waals surface area contributed by atoms with E-state index in [0.717, 1.165) is 55.5 Å². The maximum absolute atomic E-state index is 10.1. The van der Waals surface area contributed by atoms with Crippen LogP contribution in [0.15, 0.2) is 133 Å². The van der Waals surface area contributed by atoms with Gasteiger partial charge in [-0.1, -0.05) is 60.7 Å². The monoisotopic (exact) mass is 614 g/mol. The van der Waals surface area contributed by atoms with Gasteiger partial charge >= 0.3 is 0 Å². The van der Waals surface area contributed by atoms with Crippen LogP contribution in [-0.2, 0) is 0 Å². The summed E-state index contributed by atoms with van der Waals surface area (Å²) >= 11 is 0. The summed E-state index contributed by atoms with van der Waals surface area (Å²) in [6, 6.07) is 47.2. The van der Waals surface area contributed by atoms with Crippen LogP contribution in [0.2, 0.25) is 0 Å². The zero-order valence-corrected chi connectivity index (χ0v) is 25.3. The lowest BCUT2D eigenvalue weighted by Gasteiger charge is -2.11. The second-order valence-electron chi connectivity index (χ2n) is 11.8. The molecule has 222 valence electrons. The smallest absolute Gasteiger partial charge is 0.223 e. The maximum atomic E-state index is 10.1. The van der Waals surface area contributed by atoms with Crippen molar-refractivity contribution >= 4 is 72.1 Å². The predicted molar refractivity (Wildman–Crippen MR) is 190 cm³/mol. The molecule has 0 aliphatic carbocycles. The summed E-state index contributed by atoms with van der Waals surface area (Å²) in [5, 5.41) is 12.5. The Morgan fingerprint density at radius 3 is 1.50 bits per heavy atom. The molecule has 0 bridgehead atoms. The molecule has 0 N–H and O–H groups in total. The molecule has 0 atom stereocenters. The predicted octanol–water partition coefficient (Wildman–Crippen LogP) is 9.31. The summed E-state index contributed by atoms with van der Waals surface area (Å²) in [6.07, 6.45) is 0. The van der Waals surface area contributed by atoms with Crippen molar-refractivity contribution in [1.82, 2.24) is 27.9 Å². The fourth-order valence-corrected chi connectivity index (χ4v) is 7.18. The molecule has 0 amide bonds. The number of rotatable bonds is 2. The quantitative estimate of drug-likeness (QED) is 0.182. The molecule has 0 aliphatic rings. The van der Waals surface area contributed by atoms with Gasteiger partial charge in [0.2, 0.25) is 17.2 Å². The Morgan fingerprint density at radius 1 is 0.521 bits per heavy atom. The topological polar surface area (TPSA) is 72.6 Å². The molecule has 0 spiro atoms. The SMILES string of the molecule is [C-]#[N+]c1cc2c(cc1C#N)n1c3ccccc3nc1n(-c1ccc(-n3c4ccccc4c4ccccc43)cc1)c1nc3ccccc3n21. The number of nitrogens with zero attached hydrogens (tertiary/aromatic N) is 8. The van der Waals surface area contributed by atoms with E-state index in [1.807, 2.05) is 48.5 Å². The molecule has 10 rings (SSSR count). The van der Waals surface area contributed by atoms with E-state index < -0.39 is 0 Å². The van der Waals surface area contributed by atoms with Crippen molar-refractivity contribution in [3.8, 4) is 17.4 Å². The number of benzene rings is 6. The van der Waals surface area contributed by atoms with E-state index in [9.17, 15) is 5.26 Å². The minimum Gasteiger partial charge on any atom is -0.309 e. The second kappa shape index (κ2) is 9.67. The van der Waals surface area contributed by atoms with Gasteiger partial charge in [0, 0.05) is 16.5 Å². The number of imidazole rings is 2. The van der Waals surface area contributed by atoms with Crippen molar-refractivity contribution in [3.05, 3.63) is 150 Å². The molecular weight excluding hydrogens is 592 g/mol. The van der Waals surface area contributed by atoms with Gasteiger partial charge in [-0.25, -0.2) is 19.4 Å². The summed E-state index contributed by atoms with van der Waals surface area (Å²) in [6.45, 7) is 7.89. The molecule has 4 aromatic heterocycles. The van der Waals surface area contributed by atoms with Gasteiger partial charge in [0.25, 0.3) is 0 Å². The first-order chi connectivity index (χ1) is 23.7. The minimum absolute atomic E-state index is 0.287. The van der Waals surface area contributed by atoms with Crippen LogP contribution in [0.1, 0.15) is 5.56 Å². The molecule has 0 aliphatic heterocycles. The molecular formula is C40H22N8. The molecule has 0 fully saturated rings. The first kappa shape index (κ1) is 26.1. The Morgan fingerprint density at radius 2 is 0.979 bits per heavy atom. The van der Waals surface area contributed by atoms with Crippen LogP contribution in [0.5, 0.6) is 0 Å². The van der Waals surface area contributed by atoms with Crippen molar-refractivity contribution in [1.29, 1.82) is 5.26 Å². The Bertz CT molecular complexity index is 2900. The standard InChI is InChI=1S/C40H22N8/c1-42-32-23-38-37(22-25(32)24-41)47-35-16-8-4-12-30(35)43-39(47)46(40-44-31-13-5-9-17-36(31)48(38)40)27-20-18-26(19-21-27)45-33-14-6-2-10-28(33)29-11-3-7-15-34(29)45/h2-23H. The van der Waals surface area contributed by atoms with Gasteiger partial charge in [-0.2, -0.15) is 5.26 Å². The molecule has 4 heterocycles. The third-order valence-corrected chi connectivity index (χ3v) is 9.25. The number of para-hydroxylation sites is 6.